The average Bonchev–Trinajstić information content (AvgIpc) is 2.02. The Kier molecular flexibility index (Phi) is 2.76. The summed E-state index contributed by atoms with van der Waals surface area (Å²) in [5, 5.41) is 17.7. The fourth-order valence-electron chi connectivity index (χ4n) is 1.26. The van der Waals surface area contributed by atoms with Gasteiger partial charge in [0.15, 0.2) is 0 Å². The molecule has 0 radical (unpaired) electrons. The number of hydrogen-bond acceptors (Lipinski definition) is 3. The molecule has 0 aliphatic heterocycles. The van der Waals surface area contributed by atoms with E-state index in [1.165, 1.54) is 12.1 Å². The van der Waals surface area contributed by atoms with E-state index in [1.807, 2.05) is 0 Å². The van der Waals surface area contributed by atoms with E-state index in [1.54, 1.807) is 19.1 Å². The van der Waals surface area contributed by atoms with E-state index in [0.29, 0.717) is 5.56 Å². The smallest absolute Gasteiger partial charge is 0.305 e. The molecule has 4 nitrogen and oxygen atoms in total. The summed E-state index contributed by atoms with van der Waals surface area (Å²) >= 11 is 0. The van der Waals surface area contributed by atoms with Gasteiger partial charge in [0, 0.05) is 5.54 Å². The maximum Gasteiger partial charge on any atom is 0.305 e. The third-order valence-electron chi connectivity index (χ3n) is 2.05. The number of carboxylic acids is 1. The zero-order chi connectivity index (χ0) is 10.8. The van der Waals surface area contributed by atoms with E-state index in [0.717, 1.165) is 0 Å². The molecule has 76 valence electrons. The lowest BCUT2D eigenvalue weighted by molar-refractivity contribution is -0.138. The number of aromatic hydroxyl groups is 1. The van der Waals surface area contributed by atoms with Crippen molar-refractivity contribution < 1.29 is 15.0 Å². The van der Waals surface area contributed by atoms with Crippen LogP contribution in [0.1, 0.15) is 18.9 Å². The highest BCUT2D eigenvalue weighted by Gasteiger charge is 2.24. The van der Waals surface area contributed by atoms with Crippen LogP contribution in [0.15, 0.2) is 24.3 Å². The monoisotopic (exact) mass is 195 g/mol. The van der Waals surface area contributed by atoms with Crippen LogP contribution in [0.3, 0.4) is 0 Å². The van der Waals surface area contributed by atoms with Gasteiger partial charge in [-0.2, -0.15) is 0 Å². The van der Waals surface area contributed by atoms with Gasteiger partial charge in [-0.1, -0.05) is 12.1 Å². The molecule has 1 rings (SSSR count). The Labute approximate surface area is 82.0 Å². The summed E-state index contributed by atoms with van der Waals surface area (Å²) in [7, 11) is 0. The van der Waals surface area contributed by atoms with Crippen molar-refractivity contribution in [2.24, 2.45) is 5.73 Å². The quantitative estimate of drug-likeness (QED) is 0.672. The first-order valence-corrected chi connectivity index (χ1v) is 4.22. The number of phenolic OH excluding ortho intramolecular Hbond substituents is 1. The van der Waals surface area contributed by atoms with E-state index < -0.39 is 11.5 Å². The third-order valence-corrected chi connectivity index (χ3v) is 2.05. The van der Waals surface area contributed by atoms with Gasteiger partial charge < -0.3 is 15.9 Å². The average molecular weight is 195 g/mol. The molecule has 0 aliphatic carbocycles. The van der Waals surface area contributed by atoms with Crippen LogP contribution >= 0.6 is 0 Å². The number of aliphatic carboxylic acids is 1. The van der Waals surface area contributed by atoms with Crippen molar-refractivity contribution >= 4 is 5.97 Å². The largest absolute Gasteiger partial charge is 0.508 e. The summed E-state index contributed by atoms with van der Waals surface area (Å²) < 4.78 is 0. The second kappa shape index (κ2) is 3.67. The van der Waals surface area contributed by atoms with Gasteiger partial charge in [0.1, 0.15) is 5.75 Å². The second-order valence-electron chi connectivity index (χ2n) is 3.53. The highest BCUT2D eigenvalue weighted by molar-refractivity contribution is 5.68. The number of nitrogens with two attached hydrogens (primary N) is 1. The zero-order valence-corrected chi connectivity index (χ0v) is 7.90. The minimum Gasteiger partial charge on any atom is -0.508 e. The minimum atomic E-state index is -0.942. The van der Waals surface area contributed by atoms with E-state index in [2.05, 4.69) is 0 Å². The van der Waals surface area contributed by atoms with Crippen molar-refractivity contribution in [3.63, 3.8) is 0 Å². The molecule has 0 saturated carbocycles. The zero-order valence-electron chi connectivity index (χ0n) is 7.90. The Hall–Kier alpha value is -1.55. The fraction of sp³-hybridized carbons (Fsp3) is 0.300. The first kappa shape index (κ1) is 10.5. The van der Waals surface area contributed by atoms with Crippen LogP contribution in [-0.4, -0.2) is 16.2 Å². The molecule has 0 unspecified atom stereocenters. The van der Waals surface area contributed by atoms with Crippen molar-refractivity contribution in [1.29, 1.82) is 0 Å². The van der Waals surface area contributed by atoms with Gasteiger partial charge in [0.05, 0.1) is 6.42 Å². The first-order valence-electron chi connectivity index (χ1n) is 4.22. The van der Waals surface area contributed by atoms with Gasteiger partial charge in [-0.05, 0) is 24.6 Å². The van der Waals surface area contributed by atoms with E-state index in [9.17, 15) is 4.79 Å². The number of carboxylic acid groups (broad SMARTS) is 1. The van der Waals surface area contributed by atoms with Crippen molar-refractivity contribution in [2.75, 3.05) is 0 Å². The lowest BCUT2D eigenvalue weighted by atomic mass is 9.90. The van der Waals surface area contributed by atoms with Gasteiger partial charge in [-0.25, -0.2) is 0 Å². The Bertz CT molecular complexity index is 330. The van der Waals surface area contributed by atoms with Gasteiger partial charge in [0.2, 0.25) is 0 Å². The summed E-state index contributed by atoms with van der Waals surface area (Å²) in [5.74, 6) is -0.803. The highest BCUT2D eigenvalue weighted by Crippen LogP contribution is 2.23. The molecule has 0 aromatic heterocycles. The number of benzene rings is 1. The Morgan fingerprint density at radius 3 is 2.36 bits per heavy atom. The first-order chi connectivity index (χ1) is 6.42. The molecule has 14 heavy (non-hydrogen) atoms. The molecule has 4 N–H and O–H groups in total. The Balaban J connectivity index is 2.91. The predicted octanol–water partition coefficient (Wildman–Crippen LogP) is 1.04. The maximum absolute atomic E-state index is 10.5. The highest BCUT2D eigenvalue weighted by atomic mass is 16.4. The van der Waals surface area contributed by atoms with Gasteiger partial charge in [-0.15, -0.1) is 0 Å². The van der Waals surface area contributed by atoms with E-state index in [4.69, 9.17) is 15.9 Å². The van der Waals surface area contributed by atoms with Gasteiger partial charge in [0.25, 0.3) is 0 Å². The topological polar surface area (TPSA) is 83.6 Å². The van der Waals surface area contributed by atoms with Crippen molar-refractivity contribution in [3.8, 4) is 5.75 Å². The van der Waals surface area contributed by atoms with E-state index in [-0.39, 0.29) is 12.2 Å². The summed E-state index contributed by atoms with van der Waals surface area (Å²) in [6, 6.07) is 6.22. The predicted molar refractivity (Wildman–Crippen MR) is 51.9 cm³/mol. The molecule has 0 heterocycles. The molecular weight excluding hydrogens is 182 g/mol. The SMILES string of the molecule is C[C@](N)(CC(=O)O)c1ccc(O)cc1. The van der Waals surface area contributed by atoms with Gasteiger partial charge >= 0.3 is 5.97 Å². The molecule has 1 aromatic carbocycles. The number of hydrogen-bond donors (Lipinski definition) is 3. The molecule has 0 amide bonds. The summed E-state index contributed by atoms with van der Waals surface area (Å²) in [6.07, 6.45) is -0.141. The third kappa shape index (κ3) is 2.47. The molecule has 0 aliphatic rings. The molecule has 1 atom stereocenters. The summed E-state index contributed by atoms with van der Waals surface area (Å²) in [4.78, 5) is 10.5. The van der Waals surface area contributed by atoms with Crippen LogP contribution in [0.4, 0.5) is 0 Å². The standard InChI is InChI=1S/C10H13NO3/c1-10(11,6-9(13)14)7-2-4-8(12)5-3-7/h2-5,12H,6,11H2,1H3,(H,13,14)/t10-/m0/s1. The fourth-order valence-corrected chi connectivity index (χ4v) is 1.26. The van der Waals surface area contributed by atoms with Crippen LogP contribution in [0, 0.1) is 0 Å². The molecule has 0 saturated heterocycles. The minimum absolute atomic E-state index is 0.139. The Morgan fingerprint density at radius 2 is 1.93 bits per heavy atom. The molecule has 1 aromatic rings. The van der Waals surface area contributed by atoms with Crippen LogP contribution < -0.4 is 5.73 Å². The second-order valence-corrected chi connectivity index (χ2v) is 3.53. The summed E-state index contributed by atoms with van der Waals surface area (Å²) in [6.45, 7) is 1.65. The van der Waals surface area contributed by atoms with Crippen molar-refractivity contribution in [1.82, 2.24) is 0 Å². The normalized spacial score (nSPS) is 14.7. The lowest BCUT2D eigenvalue weighted by Crippen LogP contribution is -2.35. The van der Waals surface area contributed by atoms with Crippen LogP contribution in [0.5, 0.6) is 5.75 Å². The molecule has 4 heteroatoms. The summed E-state index contributed by atoms with van der Waals surface area (Å²) in [5.41, 5.74) is 5.62. The van der Waals surface area contributed by atoms with Crippen LogP contribution in [-0.2, 0) is 10.3 Å². The number of carbonyl (C=O) groups is 1. The molecular formula is C10H13NO3. The lowest BCUT2D eigenvalue weighted by Gasteiger charge is -2.22. The Morgan fingerprint density at radius 1 is 1.43 bits per heavy atom. The van der Waals surface area contributed by atoms with E-state index >= 15 is 0 Å². The van der Waals surface area contributed by atoms with Gasteiger partial charge in [-0.3, -0.25) is 4.79 Å². The van der Waals surface area contributed by atoms with Crippen LogP contribution in [0.2, 0.25) is 0 Å². The molecule has 0 bridgehead atoms. The van der Waals surface area contributed by atoms with Crippen LogP contribution in [0.25, 0.3) is 0 Å². The maximum atomic E-state index is 10.5. The molecule has 0 spiro atoms. The molecule has 0 fully saturated rings. The van der Waals surface area contributed by atoms with Crippen molar-refractivity contribution in [2.45, 2.75) is 18.9 Å². The number of rotatable bonds is 3. The number of phenols is 1. The van der Waals surface area contributed by atoms with Crippen molar-refractivity contribution in [3.05, 3.63) is 29.8 Å².